The minimum absolute atomic E-state index is 0.317. The van der Waals surface area contributed by atoms with Gasteiger partial charge in [-0.05, 0) is 12.8 Å². The highest BCUT2D eigenvalue weighted by atomic mass is 32.2. The second-order valence-electron chi connectivity index (χ2n) is 2.98. The van der Waals surface area contributed by atoms with Crippen LogP contribution >= 0.6 is 11.8 Å². The Labute approximate surface area is 76.9 Å². The summed E-state index contributed by atoms with van der Waals surface area (Å²) in [5, 5.41) is 12.4. The Balaban J connectivity index is 2.01. The third-order valence-electron chi connectivity index (χ3n) is 1.92. The first-order valence-corrected chi connectivity index (χ1v) is 5.38. The van der Waals surface area contributed by atoms with Gasteiger partial charge in [-0.3, -0.25) is 4.79 Å². The van der Waals surface area contributed by atoms with Crippen LogP contribution in [0.25, 0.3) is 0 Å². The Morgan fingerprint density at radius 2 is 2.50 bits per heavy atom. The van der Waals surface area contributed by atoms with E-state index in [1.165, 1.54) is 0 Å². The van der Waals surface area contributed by atoms with Crippen molar-refractivity contribution < 1.29 is 9.90 Å². The van der Waals surface area contributed by atoms with Crippen molar-refractivity contribution in [3.63, 3.8) is 0 Å². The highest BCUT2D eigenvalue weighted by Crippen LogP contribution is 2.18. The number of nitrogens with one attached hydrogen (secondary N) is 1. The Hall–Kier alpha value is -0.220. The lowest BCUT2D eigenvalue weighted by Gasteiger charge is -2.21. The highest BCUT2D eigenvalue weighted by molar-refractivity contribution is 8.00. The average Bonchev–Trinajstić information content (AvgIpc) is 2.05. The van der Waals surface area contributed by atoms with E-state index in [0.717, 1.165) is 31.7 Å². The number of carboxylic acid groups (broad SMARTS) is 1. The maximum atomic E-state index is 10.2. The van der Waals surface area contributed by atoms with Crippen LogP contribution in [0.15, 0.2) is 0 Å². The van der Waals surface area contributed by atoms with E-state index in [4.69, 9.17) is 5.11 Å². The predicted molar refractivity (Wildman–Crippen MR) is 50.6 cm³/mol. The van der Waals surface area contributed by atoms with Crippen molar-refractivity contribution in [1.29, 1.82) is 0 Å². The number of hydrogen-bond donors (Lipinski definition) is 2. The molecule has 12 heavy (non-hydrogen) atoms. The molecule has 70 valence electrons. The van der Waals surface area contributed by atoms with Crippen LogP contribution in [0.1, 0.15) is 19.3 Å². The van der Waals surface area contributed by atoms with Crippen molar-refractivity contribution in [3.05, 3.63) is 0 Å². The van der Waals surface area contributed by atoms with Gasteiger partial charge < -0.3 is 10.4 Å². The van der Waals surface area contributed by atoms with Gasteiger partial charge in [0.15, 0.2) is 0 Å². The van der Waals surface area contributed by atoms with Crippen molar-refractivity contribution >= 4 is 17.7 Å². The fourth-order valence-electron chi connectivity index (χ4n) is 1.29. The maximum absolute atomic E-state index is 10.2. The van der Waals surface area contributed by atoms with Gasteiger partial charge in [0, 0.05) is 30.5 Å². The molecule has 3 nitrogen and oxygen atoms in total. The minimum atomic E-state index is -0.677. The lowest BCUT2D eigenvalue weighted by Crippen LogP contribution is -2.32. The van der Waals surface area contributed by atoms with Gasteiger partial charge in [-0.15, -0.1) is 0 Å². The van der Waals surface area contributed by atoms with E-state index >= 15 is 0 Å². The van der Waals surface area contributed by atoms with Crippen LogP contribution < -0.4 is 5.32 Å². The standard InChI is InChI=1S/C8H15NO2S/c10-8(11)3-1-2-7-6-9-4-5-12-7/h7,9H,1-6H2,(H,10,11). The molecule has 0 amide bonds. The summed E-state index contributed by atoms with van der Waals surface area (Å²) in [6.45, 7) is 2.14. The first-order valence-electron chi connectivity index (χ1n) is 4.33. The summed E-state index contributed by atoms with van der Waals surface area (Å²) in [7, 11) is 0. The number of carbonyl (C=O) groups is 1. The van der Waals surface area contributed by atoms with Gasteiger partial charge in [0.1, 0.15) is 0 Å². The molecule has 1 rings (SSSR count). The summed E-state index contributed by atoms with van der Waals surface area (Å²) in [4.78, 5) is 10.2. The van der Waals surface area contributed by atoms with E-state index in [9.17, 15) is 4.79 Å². The molecular weight excluding hydrogens is 174 g/mol. The van der Waals surface area contributed by atoms with Crippen LogP contribution in [0, 0.1) is 0 Å². The van der Waals surface area contributed by atoms with Crippen LogP contribution in [0.2, 0.25) is 0 Å². The van der Waals surface area contributed by atoms with Gasteiger partial charge in [0.05, 0.1) is 0 Å². The molecule has 0 bridgehead atoms. The van der Waals surface area contributed by atoms with Gasteiger partial charge in [0.25, 0.3) is 0 Å². The molecule has 4 heteroatoms. The zero-order valence-corrected chi connectivity index (χ0v) is 7.90. The largest absolute Gasteiger partial charge is 0.481 e. The fraction of sp³-hybridized carbons (Fsp3) is 0.875. The monoisotopic (exact) mass is 189 g/mol. The number of aliphatic carboxylic acids is 1. The summed E-state index contributed by atoms with van der Waals surface area (Å²) < 4.78 is 0. The zero-order chi connectivity index (χ0) is 8.81. The van der Waals surface area contributed by atoms with E-state index in [1.54, 1.807) is 0 Å². The molecule has 1 unspecified atom stereocenters. The van der Waals surface area contributed by atoms with Crippen LogP contribution in [-0.4, -0.2) is 35.2 Å². The van der Waals surface area contributed by atoms with Crippen molar-refractivity contribution in [2.75, 3.05) is 18.8 Å². The van der Waals surface area contributed by atoms with E-state index in [-0.39, 0.29) is 0 Å². The number of hydrogen-bond acceptors (Lipinski definition) is 3. The Kier molecular flexibility index (Phi) is 4.46. The molecular formula is C8H15NO2S. The van der Waals surface area contributed by atoms with Crippen molar-refractivity contribution in [3.8, 4) is 0 Å². The molecule has 1 heterocycles. The van der Waals surface area contributed by atoms with Crippen LogP contribution in [0.5, 0.6) is 0 Å². The molecule has 1 aliphatic heterocycles. The fourth-order valence-corrected chi connectivity index (χ4v) is 2.45. The van der Waals surface area contributed by atoms with Gasteiger partial charge in [-0.1, -0.05) is 0 Å². The molecule has 2 N–H and O–H groups in total. The first kappa shape index (κ1) is 9.86. The normalized spacial score (nSPS) is 23.8. The van der Waals surface area contributed by atoms with Crippen molar-refractivity contribution in [1.82, 2.24) is 5.32 Å². The molecule has 0 saturated carbocycles. The Morgan fingerprint density at radius 1 is 1.67 bits per heavy atom. The van der Waals surface area contributed by atoms with Gasteiger partial charge >= 0.3 is 5.97 Å². The third kappa shape index (κ3) is 3.97. The Bertz CT molecular complexity index is 146. The van der Waals surface area contributed by atoms with Crippen molar-refractivity contribution in [2.45, 2.75) is 24.5 Å². The van der Waals surface area contributed by atoms with Crippen molar-refractivity contribution in [2.24, 2.45) is 0 Å². The van der Waals surface area contributed by atoms with Crippen LogP contribution in [-0.2, 0) is 4.79 Å². The SMILES string of the molecule is O=C(O)CCCC1CNCCS1. The second kappa shape index (κ2) is 5.43. The lowest BCUT2D eigenvalue weighted by molar-refractivity contribution is -0.137. The molecule has 1 aliphatic rings. The molecule has 1 fully saturated rings. The molecule has 0 aromatic carbocycles. The number of rotatable bonds is 4. The van der Waals surface area contributed by atoms with E-state index < -0.39 is 5.97 Å². The minimum Gasteiger partial charge on any atom is -0.481 e. The topological polar surface area (TPSA) is 49.3 Å². The lowest BCUT2D eigenvalue weighted by atomic mass is 10.2. The maximum Gasteiger partial charge on any atom is 0.303 e. The quantitative estimate of drug-likeness (QED) is 0.691. The summed E-state index contributed by atoms with van der Waals surface area (Å²) in [6.07, 6.45) is 2.16. The second-order valence-corrected chi connectivity index (χ2v) is 4.39. The predicted octanol–water partition coefficient (Wildman–Crippen LogP) is 0.946. The zero-order valence-electron chi connectivity index (χ0n) is 7.08. The Morgan fingerprint density at radius 3 is 3.08 bits per heavy atom. The van der Waals surface area contributed by atoms with Gasteiger partial charge in [0.2, 0.25) is 0 Å². The number of carboxylic acids is 1. The summed E-state index contributed by atoms with van der Waals surface area (Å²) >= 11 is 1.96. The van der Waals surface area contributed by atoms with Gasteiger partial charge in [-0.25, -0.2) is 0 Å². The highest BCUT2D eigenvalue weighted by Gasteiger charge is 2.12. The van der Waals surface area contributed by atoms with E-state index in [1.807, 2.05) is 11.8 Å². The van der Waals surface area contributed by atoms with Crippen LogP contribution in [0.3, 0.4) is 0 Å². The molecule has 0 aromatic heterocycles. The third-order valence-corrected chi connectivity index (χ3v) is 3.23. The molecule has 0 aliphatic carbocycles. The molecule has 1 saturated heterocycles. The molecule has 0 spiro atoms. The smallest absolute Gasteiger partial charge is 0.303 e. The average molecular weight is 189 g/mol. The number of thioether (sulfide) groups is 1. The molecule has 1 atom stereocenters. The summed E-state index contributed by atoms with van der Waals surface area (Å²) in [5.41, 5.74) is 0. The molecule has 0 aromatic rings. The summed E-state index contributed by atoms with van der Waals surface area (Å²) in [6, 6.07) is 0. The first-order chi connectivity index (χ1) is 5.79. The molecule has 0 radical (unpaired) electrons. The van der Waals surface area contributed by atoms with E-state index in [2.05, 4.69) is 5.32 Å². The summed E-state index contributed by atoms with van der Waals surface area (Å²) in [5.74, 6) is 0.487. The van der Waals surface area contributed by atoms with E-state index in [0.29, 0.717) is 11.7 Å². The van der Waals surface area contributed by atoms with Gasteiger partial charge in [-0.2, -0.15) is 11.8 Å². The van der Waals surface area contributed by atoms with Crippen LogP contribution in [0.4, 0.5) is 0 Å².